The van der Waals surface area contributed by atoms with Crippen molar-refractivity contribution < 1.29 is 10.0 Å². The number of hydrogen-bond acceptors (Lipinski definition) is 2. The van der Waals surface area contributed by atoms with Gasteiger partial charge in [-0.15, -0.1) is 0 Å². The van der Waals surface area contributed by atoms with Gasteiger partial charge >= 0.3 is 7.12 Å². The highest BCUT2D eigenvalue weighted by Gasteiger charge is 2.25. The van der Waals surface area contributed by atoms with Crippen molar-refractivity contribution in [3.8, 4) is 33.4 Å². The van der Waals surface area contributed by atoms with Crippen LogP contribution in [0.25, 0.3) is 65.7 Å². The Morgan fingerprint density at radius 2 is 0.848 bits per heavy atom. The van der Waals surface area contributed by atoms with Crippen molar-refractivity contribution >= 4 is 44.9 Å². The third-order valence-corrected chi connectivity index (χ3v) is 7.05. The van der Waals surface area contributed by atoms with Gasteiger partial charge in [-0.05, 0) is 71.2 Å². The highest BCUT2D eigenvalue weighted by atomic mass is 16.4. The second-order valence-electron chi connectivity index (χ2n) is 8.69. The molecule has 0 heterocycles. The summed E-state index contributed by atoms with van der Waals surface area (Å²) in [6.45, 7) is 0. The van der Waals surface area contributed by atoms with Crippen molar-refractivity contribution in [2.24, 2.45) is 0 Å². The Labute approximate surface area is 191 Å². The minimum absolute atomic E-state index is 0.559. The molecule has 0 saturated heterocycles. The van der Waals surface area contributed by atoms with Gasteiger partial charge in [0.1, 0.15) is 0 Å². The molecule has 2 N–H and O–H groups in total. The fourth-order valence-electron chi connectivity index (χ4n) is 5.76. The first-order valence-electron chi connectivity index (χ1n) is 11.2. The molecule has 7 rings (SSSR count). The predicted molar refractivity (Wildman–Crippen MR) is 139 cm³/mol. The summed E-state index contributed by atoms with van der Waals surface area (Å²) < 4.78 is 0. The van der Waals surface area contributed by atoms with Gasteiger partial charge in [0.15, 0.2) is 0 Å². The van der Waals surface area contributed by atoms with Crippen LogP contribution in [0.1, 0.15) is 0 Å². The molecule has 1 aliphatic carbocycles. The van der Waals surface area contributed by atoms with E-state index in [1.54, 1.807) is 0 Å². The van der Waals surface area contributed by atoms with Gasteiger partial charge in [-0.2, -0.15) is 0 Å². The topological polar surface area (TPSA) is 40.5 Å². The summed E-state index contributed by atoms with van der Waals surface area (Å²) in [7, 11) is -1.55. The molecule has 6 aromatic rings. The molecule has 6 aromatic carbocycles. The SMILES string of the molecule is OB(O)c1c2ccccc2c(-c2ccc3c4c(cccc24)-c2ccccc2-3)c2ccccc12. The molecule has 1 aliphatic rings. The van der Waals surface area contributed by atoms with Crippen molar-refractivity contribution in [3.63, 3.8) is 0 Å². The molecule has 0 aromatic heterocycles. The Bertz CT molecular complexity index is 1660. The van der Waals surface area contributed by atoms with Crippen molar-refractivity contribution in [3.05, 3.63) is 103 Å². The largest absolute Gasteiger partial charge is 0.489 e. The molecule has 0 atom stereocenters. The summed E-state index contributed by atoms with van der Waals surface area (Å²) in [5.41, 5.74) is 7.96. The standard InChI is InChI=1S/C30H19BO2/c32-31(33)30-26-12-5-3-10-22(26)29(23-11-4-6-13-27(23)30)25-17-16-24-19-9-2-1-8-18(19)20-14-7-15-21(25)28(20)24/h1-17,32-33H. The van der Waals surface area contributed by atoms with E-state index in [2.05, 4.69) is 66.7 Å². The van der Waals surface area contributed by atoms with Crippen LogP contribution in [0.4, 0.5) is 0 Å². The van der Waals surface area contributed by atoms with Gasteiger partial charge in [0.25, 0.3) is 0 Å². The van der Waals surface area contributed by atoms with Crippen LogP contribution in [0.2, 0.25) is 0 Å². The van der Waals surface area contributed by atoms with Crippen molar-refractivity contribution in [1.82, 2.24) is 0 Å². The second-order valence-corrected chi connectivity index (χ2v) is 8.69. The fourth-order valence-corrected chi connectivity index (χ4v) is 5.76. The Morgan fingerprint density at radius 3 is 1.45 bits per heavy atom. The quantitative estimate of drug-likeness (QED) is 0.260. The molecule has 154 valence electrons. The zero-order valence-electron chi connectivity index (χ0n) is 17.8. The first-order valence-corrected chi connectivity index (χ1v) is 11.2. The third kappa shape index (κ3) is 2.46. The molecule has 0 spiro atoms. The Hall–Kier alpha value is -3.92. The van der Waals surface area contributed by atoms with Gasteiger partial charge in [0, 0.05) is 0 Å². The monoisotopic (exact) mass is 422 g/mol. The van der Waals surface area contributed by atoms with Gasteiger partial charge in [0.05, 0.1) is 0 Å². The second kappa shape index (κ2) is 6.79. The zero-order valence-corrected chi connectivity index (χ0v) is 17.8. The summed E-state index contributed by atoms with van der Waals surface area (Å²) >= 11 is 0. The van der Waals surface area contributed by atoms with Crippen molar-refractivity contribution in [2.45, 2.75) is 0 Å². The fraction of sp³-hybridized carbons (Fsp3) is 0. The van der Waals surface area contributed by atoms with Crippen LogP contribution >= 0.6 is 0 Å². The summed E-state index contributed by atoms with van der Waals surface area (Å²) in [4.78, 5) is 0. The maximum Gasteiger partial charge on any atom is 0.489 e. The lowest BCUT2D eigenvalue weighted by Crippen LogP contribution is -2.31. The zero-order chi connectivity index (χ0) is 22.1. The van der Waals surface area contributed by atoms with Crippen LogP contribution in [-0.2, 0) is 0 Å². The first-order chi connectivity index (χ1) is 16.2. The van der Waals surface area contributed by atoms with E-state index in [0.717, 1.165) is 32.7 Å². The first kappa shape index (κ1) is 18.6. The Morgan fingerprint density at radius 1 is 0.394 bits per heavy atom. The summed E-state index contributed by atoms with van der Waals surface area (Å²) in [5, 5.41) is 26.9. The maximum absolute atomic E-state index is 10.3. The van der Waals surface area contributed by atoms with Gasteiger partial charge in [-0.25, -0.2) is 0 Å². The number of rotatable bonds is 2. The molecular weight excluding hydrogens is 403 g/mol. The molecule has 0 saturated carbocycles. The lowest BCUT2D eigenvalue weighted by Gasteiger charge is -2.18. The molecule has 3 heteroatoms. The van der Waals surface area contributed by atoms with E-state index in [1.165, 1.54) is 33.0 Å². The van der Waals surface area contributed by atoms with Gasteiger partial charge in [0.2, 0.25) is 0 Å². The van der Waals surface area contributed by atoms with Gasteiger partial charge < -0.3 is 10.0 Å². The van der Waals surface area contributed by atoms with Crippen LogP contribution < -0.4 is 5.46 Å². The highest BCUT2D eigenvalue weighted by Crippen LogP contribution is 2.50. The van der Waals surface area contributed by atoms with E-state index < -0.39 is 7.12 Å². The lowest BCUT2D eigenvalue weighted by molar-refractivity contribution is 0.426. The summed E-state index contributed by atoms with van der Waals surface area (Å²) in [6.07, 6.45) is 0. The third-order valence-electron chi connectivity index (χ3n) is 7.05. The Kier molecular flexibility index (Phi) is 3.83. The van der Waals surface area contributed by atoms with Crippen LogP contribution in [0.5, 0.6) is 0 Å². The molecule has 33 heavy (non-hydrogen) atoms. The van der Waals surface area contributed by atoms with Gasteiger partial charge in [-0.3, -0.25) is 0 Å². The lowest BCUT2D eigenvalue weighted by atomic mass is 9.72. The molecule has 0 aliphatic heterocycles. The van der Waals surface area contributed by atoms with Crippen molar-refractivity contribution in [2.75, 3.05) is 0 Å². The Balaban J connectivity index is 1.67. The smallest absolute Gasteiger partial charge is 0.423 e. The van der Waals surface area contributed by atoms with E-state index in [1.807, 2.05) is 36.4 Å². The minimum atomic E-state index is -1.55. The number of hydrogen-bond donors (Lipinski definition) is 2. The molecule has 0 radical (unpaired) electrons. The minimum Gasteiger partial charge on any atom is -0.423 e. The normalized spacial score (nSPS) is 11.9. The molecule has 0 unspecified atom stereocenters. The van der Waals surface area contributed by atoms with Crippen molar-refractivity contribution in [1.29, 1.82) is 0 Å². The molecule has 0 fully saturated rings. The molecule has 0 bridgehead atoms. The van der Waals surface area contributed by atoms with E-state index in [0.29, 0.717) is 5.46 Å². The average Bonchev–Trinajstić information content (AvgIpc) is 3.18. The van der Waals surface area contributed by atoms with Crippen LogP contribution in [0, 0.1) is 0 Å². The molecule has 2 nitrogen and oxygen atoms in total. The van der Waals surface area contributed by atoms with Crippen LogP contribution in [0.3, 0.4) is 0 Å². The number of benzene rings is 6. The summed E-state index contributed by atoms with van der Waals surface area (Å²) in [5.74, 6) is 0. The van der Waals surface area contributed by atoms with E-state index >= 15 is 0 Å². The number of fused-ring (bicyclic) bond motifs is 5. The molecule has 0 amide bonds. The van der Waals surface area contributed by atoms with E-state index in [4.69, 9.17) is 0 Å². The predicted octanol–water partition coefficient (Wildman–Crippen LogP) is 6.14. The average molecular weight is 422 g/mol. The maximum atomic E-state index is 10.3. The highest BCUT2D eigenvalue weighted by molar-refractivity contribution is 6.66. The van der Waals surface area contributed by atoms with E-state index in [9.17, 15) is 10.0 Å². The molecular formula is C30H19BO2. The van der Waals surface area contributed by atoms with Crippen LogP contribution in [0.15, 0.2) is 103 Å². The van der Waals surface area contributed by atoms with Crippen LogP contribution in [-0.4, -0.2) is 17.2 Å². The van der Waals surface area contributed by atoms with E-state index in [-0.39, 0.29) is 0 Å². The van der Waals surface area contributed by atoms with Gasteiger partial charge in [-0.1, -0.05) is 103 Å². The summed E-state index contributed by atoms with van der Waals surface area (Å²) in [6, 6.07) is 35.7.